The van der Waals surface area contributed by atoms with E-state index in [0.717, 1.165) is 15.7 Å². The third kappa shape index (κ3) is 4.08. The van der Waals surface area contributed by atoms with Crippen LogP contribution < -0.4 is 4.74 Å². The van der Waals surface area contributed by atoms with E-state index in [9.17, 15) is 4.79 Å². The Balaban J connectivity index is 1.72. The van der Waals surface area contributed by atoms with E-state index in [0.29, 0.717) is 16.5 Å². The molecule has 3 rings (SSSR count). The molecule has 0 bridgehead atoms. The van der Waals surface area contributed by atoms with E-state index < -0.39 is 0 Å². The lowest BCUT2D eigenvalue weighted by Gasteiger charge is -2.06. The van der Waals surface area contributed by atoms with Crippen LogP contribution in [0.4, 0.5) is 0 Å². The van der Waals surface area contributed by atoms with Crippen LogP contribution in [0.5, 0.6) is 5.75 Å². The number of carbonyl (C=O) groups is 1. The molecule has 3 aromatic rings. The van der Waals surface area contributed by atoms with E-state index >= 15 is 0 Å². The Bertz CT molecular complexity index is 896. The largest absolute Gasteiger partial charge is 0.496 e. The van der Waals surface area contributed by atoms with E-state index in [1.807, 2.05) is 31.2 Å². The normalized spacial score (nSPS) is 10.7. The predicted octanol–water partition coefficient (Wildman–Crippen LogP) is 3.72. The van der Waals surface area contributed by atoms with Crippen molar-refractivity contribution >= 4 is 33.5 Å². The molecule has 0 fully saturated rings. The maximum absolute atomic E-state index is 12.4. The Hall–Kier alpha value is -2.19. The van der Waals surface area contributed by atoms with Gasteiger partial charge in [0, 0.05) is 5.56 Å². The minimum absolute atomic E-state index is 0.00758. The number of ketones is 1. The molecule has 6 nitrogen and oxygen atoms in total. The number of aryl methyl sites for hydroxylation is 1. The molecule has 0 spiro atoms. The van der Waals surface area contributed by atoms with Crippen molar-refractivity contribution in [2.24, 2.45) is 0 Å². The highest BCUT2D eigenvalue weighted by atomic mass is 79.9. The topological polar surface area (TPSA) is 69.9 Å². The van der Waals surface area contributed by atoms with E-state index in [1.54, 1.807) is 30.0 Å². The molecule has 1 aromatic heterocycles. The lowest BCUT2D eigenvalue weighted by molar-refractivity contribution is 0.102. The summed E-state index contributed by atoms with van der Waals surface area (Å²) in [6.45, 7) is 2.02. The number of methoxy groups -OCH3 is 1. The summed E-state index contributed by atoms with van der Waals surface area (Å²) < 4.78 is 7.55. The van der Waals surface area contributed by atoms with Crippen molar-refractivity contribution in [1.82, 2.24) is 20.2 Å². The van der Waals surface area contributed by atoms with Crippen molar-refractivity contribution in [3.05, 3.63) is 58.1 Å². The van der Waals surface area contributed by atoms with Crippen LogP contribution in [-0.2, 0) is 0 Å². The number of aromatic nitrogens is 4. The number of rotatable bonds is 6. The minimum Gasteiger partial charge on any atom is -0.496 e. The number of carbonyl (C=O) groups excluding carboxylic acids is 1. The van der Waals surface area contributed by atoms with Gasteiger partial charge in [0.2, 0.25) is 5.16 Å². The number of Topliss-reactive ketones (excluding diaryl/α,β-unsaturated/α-hetero) is 1. The van der Waals surface area contributed by atoms with Crippen molar-refractivity contribution in [3.63, 3.8) is 0 Å². The molecule has 0 atom stereocenters. The maximum Gasteiger partial charge on any atom is 0.214 e. The standard InChI is InChI=1S/C17H15BrN4O2S/c1-11-3-6-13(7-4-11)22-17(19-20-21-22)25-10-15(23)12-5-8-16(24-2)14(18)9-12/h3-9H,10H2,1-2H3. The zero-order valence-corrected chi connectivity index (χ0v) is 16.0. The molecule has 0 saturated carbocycles. The van der Waals surface area contributed by atoms with Gasteiger partial charge in [-0.1, -0.05) is 29.5 Å². The second-order valence-electron chi connectivity index (χ2n) is 5.27. The van der Waals surface area contributed by atoms with Crippen LogP contribution in [0.1, 0.15) is 15.9 Å². The summed E-state index contributed by atoms with van der Waals surface area (Å²) in [5, 5.41) is 12.3. The molecule has 0 saturated heterocycles. The second-order valence-corrected chi connectivity index (χ2v) is 7.07. The van der Waals surface area contributed by atoms with Crippen molar-refractivity contribution in [2.45, 2.75) is 12.1 Å². The molecule has 0 aliphatic heterocycles. The Morgan fingerprint density at radius 2 is 2.00 bits per heavy atom. The van der Waals surface area contributed by atoms with Crippen molar-refractivity contribution in [3.8, 4) is 11.4 Å². The molecule has 0 aliphatic rings. The zero-order chi connectivity index (χ0) is 17.8. The predicted molar refractivity (Wildman–Crippen MR) is 99.6 cm³/mol. The minimum atomic E-state index is -0.00758. The number of ether oxygens (including phenoxy) is 1. The third-order valence-corrected chi connectivity index (χ3v) is 5.06. The SMILES string of the molecule is COc1ccc(C(=O)CSc2nnnn2-c2ccc(C)cc2)cc1Br. The molecular formula is C17H15BrN4O2S. The molecule has 0 radical (unpaired) electrons. The fourth-order valence-electron chi connectivity index (χ4n) is 2.17. The highest BCUT2D eigenvalue weighted by Gasteiger charge is 2.14. The van der Waals surface area contributed by atoms with Gasteiger partial charge in [-0.3, -0.25) is 4.79 Å². The number of halogens is 1. The van der Waals surface area contributed by atoms with Crippen LogP contribution >= 0.6 is 27.7 Å². The molecule has 1 heterocycles. The van der Waals surface area contributed by atoms with Crippen LogP contribution in [0.25, 0.3) is 5.69 Å². The van der Waals surface area contributed by atoms with Crippen molar-refractivity contribution in [1.29, 1.82) is 0 Å². The second kappa shape index (κ2) is 7.79. The van der Waals surface area contributed by atoms with Gasteiger partial charge in [0.15, 0.2) is 5.78 Å². The van der Waals surface area contributed by atoms with Crippen molar-refractivity contribution in [2.75, 3.05) is 12.9 Å². The molecule has 0 unspecified atom stereocenters. The van der Waals surface area contributed by atoms with Gasteiger partial charge >= 0.3 is 0 Å². The van der Waals surface area contributed by atoms with Crippen LogP contribution in [0, 0.1) is 6.92 Å². The molecule has 25 heavy (non-hydrogen) atoms. The van der Waals surface area contributed by atoms with E-state index in [2.05, 4.69) is 31.5 Å². The number of hydrogen-bond donors (Lipinski definition) is 0. The highest BCUT2D eigenvalue weighted by molar-refractivity contribution is 9.10. The molecular weight excluding hydrogens is 404 g/mol. The van der Waals surface area contributed by atoms with Crippen LogP contribution in [-0.4, -0.2) is 38.9 Å². The first-order chi connectivity index (χ1) is 12.1. The quantitative estimate of drug-likeness (QED) is 0.448. The first-order valence-electron chi connectivity index (χ1n) is 7.43. The molecule has 128 valence electrons. The Morgan fingerprint density at radius 1 is 1.24 bits per heavy atom. The van der Waals surface area contributed by atoms with Crippen LogP contribution in [0.2, 0.25) is 0 Å². The number of thioether (sulfide) groups is 1. The number of tetrazole rings is 1. The average molecular weight is 419 g/mol. The van der Waals surface area contributed by atoms with Gasteiger partial charge in [-0.05, 0) is 63.6 Å². The van der Waals surface area contributed by atoms with Gasteiger partial charge in [0.25, 0.3) is 0 Å². The summed E-state index contributed by atoms with van der Waals surface area (Å²) in [6.07, 6.45) is 0. The number of hydrogen-bond acceptors (Lipinski definition) is 6. The molecule has 2 aromatic carbocycles. The summed E-state index contributed by atoms with van der Waals surface area (Å²) in [4.78, 5) is 12.4. The Kier molecular flexibility index (Phi) is 5.50. The molecule has 0 aliphatic carbocycles. The zero-order valence-electron chi connectivity index (χ0n) is 13.6. The molecule has 0 N–H and O–H groups in total. The monoisotopic (exact) mass is 418 g/mol. The van der Waals surface area contributed by atoms with Gasteiger partial charge in [0.05, 0.1) is 23.0 Å². The Morgan fingerprint density at radius 3 is 2.68 bits per heavy atom. The fraction of sp³-hybridized carbons (Fsp3) is 0.176. The average Bonchev–Trinajstić information content (AvgIpc) is 3.08. The summed E-state index contributed by atoms with van der Waals surface area (Å²) in [5.74, 6) is 0.921. The summed E-state index contributed by atoms with van der Waals surface area (Å²) in [6, 6.07) is 13.1. The lowest BCUT2D eigenvalue weighted by Crippen LogP contribution is -2.05. The van der Waals surface area contributed by atoms with Gasteiger partial charge in [-0.2, -0.15) is 4.68 Å². The van der Waals surface area contributed by atoms with E-state index in [-0.39, 0.29) is 11.5 Å². The fourth-order valence-corrected chi connectivity index (χ4v) is 3.50. The van der Waals surface area contributed by atoms with E-state index in [1.165, 1.54) is 11.8 Å². The van der Waals surface area contributed by atoms with Gasteiger partial charge in [-0.25, -0.2) is 0 Å². The van der Waals surface area contributed by atoms with Gasteiger partial charge in [0.1, 0.15) is 5.75 Å². The molecule has 8 heteroatoms. The van der Waals surface area contributed by atoms with Gasteiger partial charge < -0.3 is 4.74 Å². The molecule has 0 amide bonds. The summed E-state index contributed by atoms with van der Waals surface area (Å²) in [7, 11) is 1.59. The van der Waals surface area contributed by atoms with Crippen LogP contribution in [0.15, 0.2) is 52.1 Å². The number of nitrogens with zero attached hydrogens (tertiary/aromatic N) is 4. The van der Waals surface area contributed by atoms with Crippen molar-refractivity contribution < 1.29 is 9.53 Å². The van der Waals surface area contributed by atoms with E-state index in [4.69, 9.17) is 4.74 Å². The Labute approximate surface area is 157 Å². The smallest absolute Gasteiger partial charge is 0.214 e. The highest BCUT2D eigenvalue weighted by Crippen LogP contribution is 2.27. The first kappa shape index (κ1) is 17.6. The maximum atomic E-state index is 12.4. The first-order valence-corrected chi connectivity index (χ1v) is 9.21. The third-order valence-electron chi connectivity index (χ3n) is 3.53. The summed E-state index contributed by atoms with van der Waals surface area (Å²) >= 11 is 4.70. The number of benzene rings is 2. The van der Waals surface area contributed by atoms with Gasteiger partial charge in [-0.15, -0.1) is 5.10 Å². The lowest BCUT2D eigenvalue weighted by atomic mass is 10.1. The summed E-state index contributed by atoms with van der Waals surface area (Å²) in [5.41, 5.74) is 2.62. The van der Waals surface area contributed by atoms with Crippen LogP contribution in [0.3, 0.4) is 0 Å².